The Labute approximate surface area is 223 Å². The van der Waals surface area contributed by atoms with E-state index in [1.807, 2.05) is 54.3 Å². The molecule has 1 spiro atoms. The number of hydrogen-bond acceptors (Lipinski definition) is 5. The molecule has 0 bridgehead atoms. The smallest absolute Gasteiger partial charge is 0.247 e. The van der Waals surface area contributed by atoms with Crippen LogP contribution in [-0.4, -0.2) is 80.9 Å². The molecule has 0 saturated carbocycles. The molecule has 0 aliphatic carbocycles. The van der Waals surface area contributed by atoms with E-state index in [1.54, 1.807) is 21.6 Å². The number of fused-ring (bicyclic) bond motifs is 2. The van der Waals surface area contributed by atoms with Crippen molar-refractivity contribution in [2.45, 2.75) is 55.1 Å². The normalized spacial score (nSPS) is 32.9. The highest BCUT2D eigenvalue weighted by Crippen LogP contribution is 2.65. The Hall–Kier alpha value is -2.58. The van der Waals surface area contributed by atoms with Gasteiger partial charge in [-0.05, 0) is 31.9 Å². The number of benzene rings is 1. The minimum absolute atomic E-state index is 0.0428. The van der Waals surface area contributed by atoms with E-state index in [-0.39, 0.29) is 24.3 Å². The number of thioether (sulfide) groups is 1. The quantitative estimate of drug-likeness (QED) is 0.418. The van der Waals surface area contributed by atoms with Crippen molar-refractivity contribution in [3.05, 3.63) is 54.6 Å². The molecule has 0 radical (unpaired) electrons. The molecule has 1 aromatic rings. The van der Waals surface area contributed by atoms with Gasteiger partial charge in [0.05, 0.1) is 16.6 Å². The van der Waals surface area contributed by atoms with Gasteiger partial charge in [0.15, 0.2) is 0 Å². The summed E-state index contributed by atoms with van der Waals surface area (Å²) in [6, 6.07) is 8.90. The van der Waals surface area contributed by atoms with Crippen molar-refractivity contribution in [2.24, 2.45) is 11.8 Å². The van der Waals surface area contributed by atoms with Gasteiger partial charge in [0, 0.05) is 43.2 Å². The Kier molecular flexibility index (Phi) is 7.24. The third-order valence-corrected chi connectivity index (χ3v) is 10.1. The van der Waals surface area contributed by atoms with Crippen molar-refractivity contribution >= 4 is 35.2 Å². The van der Waals surface area contributed by atoms with Gasteiger partial charge in [0.1, 0.15) is 6.04 Å². The zero-order valence-corrected chi connectivity index (χ0v) is 22.5. The molecular formula is C29H37N3O4S. The van der Waals surface area contributed by atoms with E-state index in [0.717, 1.165) is 24.9 Å². The molecule has 1 N–H and O–H groups in total. The molecule has 4 aliphatic rings. The number of unbranched alkanes of at least 4 members (excludes halogenated alkanes) is 2. The first-order valence-corrected chi connectivity index (χ1v) is 14.3. The lowest BCUT2D eigenvalue weighted by Crippen LogP contribution is -2.53. The number of likely N-dealkylation sites (tertiary alicyclic amines) is 1. The van der Waals surface area contributed by atoms with Gasteiger partial charge in [0.25, 0.3) is 0 Å². The number of para-hydroxylation sites is 1. The topological polar surface area (TPSA) is 81.2 Å². The first-order chi connectivity index (χ1) is 17.9. The number of anilines is 1. The number of nitrogens with zero attached hydrogens (tertiary/aromatic N) is 3. The second kappa shape index (κ2) is 10.3. The van der Waals surface area contributed by atoms with Crippen LogP contribution >= 0.6 is 11.8 Å². The molecule has 3 amide bonds. The van der Waals surface area contributed by atoms with Crippen molar-refractivity contribution in [2.75, 3.05) is 37.7 Å². The molecule has 8 heteroatoms. The summed E-state index contributed by atoms with van der Waals surface area (Å²) in [5, 5.41) is 9.57. The van der Waals surface area contributed by atoms with Gasteiger partial charge in [-0.2, -0.15) is 0 Å². The van der Waals surface area contributed by atoms with Crippen molar-refractivity contribution in [3.8, 4) is 0 Å². The molecule has 4 aliphatic heterocycles. The van der Waals surface area contributed by atoms with E-state index >= 15 is 0 Å². The summed E-state index contributed by atoms with van der Waals surface area (Å²) in [4.78, 5) is 47.9. The van der Waals surface area contributed by atoms with Gasteiger partial charge < -0.3 is 19.8 Å². The van der Waals surface area contributed by atoms with E-state index in [1.165, 1.54) is 0 Å². The van der Waals surface area contributed by atoms with Gasteiger partial charge >= 0.3 is 0 Å². The molecule has 2 saturated heterocycles. The van der Waals surface area contributed by atoms with Gasteiger partial charge in [-0.1, -0.05) is 62.3 Å². The molecule has 7 nitrogen and oxygen atoms in total. The third-order valence-electron chi connectivity index (χ3n) is 8.30. The molecule has 5 atom stereocenters. The number of aliphatic hydroxyl groups is 1. The van der Waals surface area contributed by atoms with Crippen LogP contribution < -0.4 is 4.90 Å². The monoisotopic (exact) mass is 523 g/mol. The summed E-state index contributed by atoms with van der Waals surface area (Å²) in [7, 11) is 0. The zero-order valence-electron chi connectivity index (χ0n) is 21.7. The molecule has 198 valence electrons. The standard InChI is InChI=1S/C29H37N3O4S/c1-3-4-8-16-30-17-10-15-29-23(26(35)32(19-11-20-33)24(29)27(30)36)22-25(34)31(21-12-6-5-7-13-21)18-9-14-28(22,2)37-29/h5-7,9-10,12-15,22-24,33H,3-4,8,11,16-20H2,1-2H3/t22-,23+,24?,28+,29+/m1/s1. The van der Waals surface area contributed by atoms with Crippen molar-refractivity contribution in [1.29, 1.82) is 0 Å². The van der Waals surface area contributed by atoms with Gasteiger partial charge in [-0.3, -0.25) is 14.4 Å². The van der Waals surface area contributed by atoms with Gasteiger partial charge in [-0.25, -0.2) is 0 Å². The van der Waals surface area contributed by atoms with E-state index in [0.29, 0.717) is 32.6 Å². The Bertz CT molecular complexity index is 1110. The molecule has 2 fully saturated rings. The van der Waals surface area contributed by atoms with Crippen molar-refractivity contribution in [1.82, 2.24) is 9.80 Å². The zero-order chi connectivity index (χ0) is 26.2. The fraction of sp³-hybridized carbons (Fsp3) is 0.552. The second-order valence-corrected chi connectivity index (χ2v) is 12.5. The Balaban J connectivity index is 1.57. The molecule has 37 heavy (non-hydrogen) atoms. The summed E-state index contributed by atoms with van der Waals surface area (Å²) in [6.07, 6.45) is 11.6. The molecule has 5 rings (SSSR count). The highest BCUT2D eigenvalue weighted by Gasteiger charge is 2.73. The lowest BCUT2D eigenvalue weighted by Gasteiger charge is -2.36. The summed E-state index contributed by atoms with van der Waals surface area (Å²) >= 11 is 1.61. The first kappa shape index (κ1) is 26.0. The lowest BCUT2D eigenvalue weighted by atomic mass is 9.74. The minimum atomic E-state index is -0.831. The molecule has 0 aromatic heterocycles. The predicted molar refractivity (Wildman–Crippen MR) is 146 cm³/mol. The average Bonchev–Trinajstić information content (AvgIpc) is 3.16. The maximum Gasteiger partial charge on any atom is 0.247 e. The SMILES string of the molecule is CCCCCN1CC=C[C@]23S[C@@]4(C)C=CCN(c5ccccc5)C(=O)[C@H]4[C@H]2C(=O)N(CCCO)C3C1=O. The predicted octanol–water partition coefficient (Wildman–Crippen LogP) is 3.25. The van der Waals surface area contributed by atoms with Crippen molar-refractivity contribution < 1.29 is 19.5 Å². The number of amides is 3. The number of aliphatic hydroxyl groups excluding tert-OH is 1. The Morgan fingerprint density at radius 2 is 1.68 bits per heavy atom. The summed E-state index contributed by atoms with van der Waals surface area (Å²) in [5.74, 6) is -1.52. The Morgan fingerprint density at radius 1 is 0.919 bits per heavy atom. The minimum Gasteiger partial charge on any atom is -0.396 e. The largest absolute Gasteiger partial charge is 0.396 e. The first-order valence-electron chi connectivity index (χ1n) is 13.5. The van der Waals surface area contributed by atoms with Crippen LogP contribution in [0.5, 0.6) is 0 Å². The molecule has 1 aromatic carbocycles. The molecule has 1 unspecified atom stereocenters. The van der Waals surface area contributed by atoms with E-state index in [2.05, 4.69) is 19.1 Å². The van der Waals surface area contributed by atoms with Crippen molar-refractivity contribution in [3.63, 3.8) is 0 Å². The Morgan fingerprint density at radius 3 is 2.41 bits per heavy atom. The number of carbonyl (C=O) groups is 3. The van der Waals surface area contributed by atoms with Crippen LogP contribution in [0.2, 0.25) is 0 Å². The third kappa shape index (κ3) is 4.22. The summed E-state index contributed by atoms with van der Waals surface area (Å²) < 4.78 is -1.45. The molecular weight excluding hydrogens is 486 g/mol. The average molecular weight is 524 g/mol. The lowest BCUT2D eigenvalue weighted by molar-refractivity contribution is -0.143. The number of rotatable bonds is 8. The van der Waals surface area contributed by atoms with E-state index in [9.17, 15) is 19.5 Å². The highest BCUT2D eigenvalue weighted by molar-refractivity contribution is 8.02. The van der Waals surface area contributed by atoms with E-state index in [4.69, 9.17) is 0 Å². The molecule has 4 heterocycles. The van der Waals surface area contributed by atoms with Crippen LogP contribution in [0.15, 0.2) is 54.6 Å². The van der Waals surface area contributed by atoms with Crippen LogP contribution in [-0.2, 0) is 14.4 Å². The van der Waals surface area contributed by atoms with Gasteiger partial charge in [0.2, 0.25) is 17.7 Å². The second-order valence-electron chi connectivity index (χ2n) is 10.7. The van der Waals surface area contributed by atoms with Crippen LogP contribution in [0, 0.1) is 11.8 Å². The maximum absolute atomic E-state index is 14.3. The van der Waals surface area contributed by atoms with E-state index < -0.39 is 27.4 Å². The highest BCUT2D eigenvalue weighted by atomic mass is 32.2. The summed E-state index contributed by atoms with van der Waals surface area (Å²) in [5.41, 5.74) is 0.807. The maximum atomic E-state index is 14.3. The van der Waals surface area contributed by atoms with Crippen LogP contribution in [0.1, 0.15) is 39.5 Å². The fourth-order valence-electron chi connectivity index (χ4n) is 6.64. The number of hydrogen-bond donors (Lipinski definition) is 1. The summed E-state index contributed by atoms with van der Waals surface area (Å²) in [6.45, 7) is 6.04. The van der Waals surface area contributed by atoms with Crippen LogP contribution in [0.4, 0.5) is 5.69 Å². The van der Waals surface area contributed by atoms with Gasteiger partial charge in [-0.15, -0.1) is 11.8 Å². The number of carbonyl (C=O) groups excluding carboxylic acids is 3. The van der Waals surface area contributed by atoms with Crippen LogP contribution in [0.25, 0.3) is 0 Å². The fourth-order valence-corrected chi connectivity index (χ4v) is 8.80. The van der Waals surface area contributed by atoms with Crippen LogP contribution in [0.3, 0.4) is 0 Å².